The Labute approximate surface area is 96.2 Å². The fraction of sp³-hybridized carbons (Fsp3) is 0.636. The molecule has 0 aromatic heterocycles. The third kappa shape index (κ3) is 7.84. The highest BCUT2D eigenvalue weighted by molar-refractivity contribution is 5.92. The maximum atomic E-state index is 11.2. The number of alkyl carbamates (subject to hydrolysis) is 1. The molecule has 0 bridgehead atoms. The molecular weight excluding hydrogens is 208 g/mol. The standard InChI is InChI=1S/C11H20N2O3/c1-8(2)9(14)12-6-7-13-10(15)16-11(3,4)5/h1,6-7H2,2-5H3,(H,12,14)(H,13,15). The van der Waals surface area contributed by atoms with Gasteiger partial charge in [-0.15, -0.1) is 0 Å². The molecule has 92 valence electrons. The van der Waals surface area contributed by atoms with Crippen molar-refractivity contribution in [2.45, 2.75) is 33.3 Å². The molecule has 2 amide bonds. The Morgan fingerprint density at radius 2 is 1.69 bits per heavy atom. The van der Waals surface area contributed by atoms with Crippen molar-refractivity contribution in [1.29, 1.82) is 0 Å². The Morgan fingerprint density at radius 3 is 2.12 bits per heavy atom. The molecule has 16 heavy (non-hydrogen) atoms. The highest BCUT2D eigenvalue weighted by atomic mass is 16.6. The van der Waals surface area contributed by atoms with Crippen molar-refractivity contribution in [2.24, 2.45) is 0 Å². The lowest BCUT2D eigenvalue weighted by Gasteiger charge is -2.19. The van der Waals surface area contributed by atoms with Gasteiger partial charge in [-0.1, -0.05) is 6.58 Å². The summed E-state index contributed by atoms with van der Waals surface area (Å²) < 4.78 is 5.01. The van der Waals surface area contributed by atoms with Gasteiger partial charge in [-0.25, -0.2) is 4.79 Å². The van der Waals surface area contributed by atoms with Crippen molar-refractivity contribution >= 4 is 12.0 Å². The van der Waals surface area contributed by atoms with Gasteiger partial charge in [-0.2, -0.15) is 0 Å². The molecule has 0 saturated heterocycles. The predicted molar refractivity (Wildman–Crippen MR) is 62.1 cm³/mol. The first-order valence-corrected chi connectivity index (χ1v) is 5.13. The second-order valence-electron chi connectivity index (χ2n) is 4.46. The number of rotatable bonds is 4. The van der Waals surface area contributed by atoms with Crippen LogP contribution >= 0.6 is 0 Å². The number of hydrogen-bond donors (Lipinski definition) is 2. The van der Waals surface area contributed by atoms with Crippen LogP contribution in [0.1, 0.15) is 27.7 Å². The van der Waals surface area contributed by atoms with Gasteiger partial charge in [0.15, 0.2) is 0 Å². The molecule has 2 N–H and O–H groups in total. The molecule has 0 aromatic rings. The quantitative estimate of drug-likeness (QED) is 0.561. The summed E-state index contributed by atoms with van der Waals surface area (Å²) in [4.78, 5) is 22.2. The largest absolute Gasteiger partial charge is 0.444 e. The molecule has 0 aliphatic carbocycles. The lowest BCUT2D eigenvalue weighted by Crippen LogP contribution is -2.37. The Morgan fingerprint density at radius 1 is 1.19 bits per heavy atom. The third-order valence-electron chi connectivity index (χ3n) is 1.47. The smallest absolute Gasteiger partial charge is 0.407 e. The Balaban J connectivity index is 3.64. The van der Waals surface area contributed by atoms with Crippen molar-refractivity contribution in [3.8, 4) is 0 Å². The van der Waals surface area contributed by atoms with Crippen LogP contribution in [-0.2, 0) is 9.53 Å². The molecule has 0 saturated carbocycles. The second kappa shape index (κ2) is 6.15. The first-order valence-electron chi connectivity index (χ1n) is 5.13. The minimum absolute atomic E-state index is 0.217. The van der Waals surface area contributed by atoms with Crippen molar-refractivity contribution in [3.05, 3.63) is 12.2 Å². The zero-order valence-electron chi connectivity index (χ0n) is 10.3. The molecule has 0 aromatic carbocycles. The average molecular weight is 228 g/mol. The third-order valence-corrected chi connectivity index (χ3v) is 1.47. The molecule has 5 heteroatoms. The van der Waals surface area contributed by atoms with E-state index in [0.717, 1.165) is 0 Å². The Kier molecular flexibility index (Phi) is 5.56. The van der Waals surface area contributed by atoms with Crippen molar-refractivity contribution in [1.82, 2.24) is 10.6 Å². The van der Waals surface area contributed by atoms with E-state index in [1.54, 1.807) is 27.7 Å². The highest BCUT2D eigenvalue weighted by Crippen LogP contribution is 2.05. The first kappa shape index (κ1) is 14.5. The normalized spacial score (nSPS) is 10.5. The SMILES string of the molecule is C=C(C)C(=O)NCCNC(=O)OC(C)(C)C. The maximum absolute atomic E-state index is 11.2. The fourth-order valence-electron chi connectivity index (χ4n) is 0.806. The number of ether oxygens (including phenoxy) is 1. The molecule has 0 radical (unpaired) electrons. The summed E-state index contributed by atoms with van der Waals surface area (Å²) >= 11 is 0. The molecule has 0 unspecified atom stereocenters. The van der Waals surface area contributed by atoms with E-state index in [1.165, 1.54) is 0 Å². The van der Waals surface area contributed by atoms with Crippen LogP contribution in [0.2, 0.25) is 0 Å². The maximum Gasteiger partial charge on any atom is 0.407 e. The van der Waals surface area contributed by atoms with Gasteiger partial charge in [0.05, 0.1) is 0 Å². The van der Waals surface area contributed by atoms with Gasteiger partial charge < -0.3 is 15.4 Å². The summed E-state index contributed by atoms with van der Waals surface area (Å²) in [5.74, 6) is -0.217. The van der Waals surface area contributed by atoms with E-state index in [4.69, 9.17) is 4.74 Å². The predicted octanol–water partition coefficient (Wildman–Crippen LogP) is 1.20. The van der Waals surface area contributed by atoms with Gasteiger partial charge in [-0.05, 0) is 27.7 Å². The first-order chi connectivity index (χ1) is 7.22. The molecule has 0 aliphatic rings. The van der Waals surface area contributed by atoms with Crippen LogP contribution in [0.5, 0.6) is 0 Å². The van der Waals surface area contributed by atoms with Crippen LogP contribution in [0.25, 0.3) is 0 Å². The van der Waals surface area contributed by atoms with Crippen LogP contribution < -0.4 is 10.6 Å². The van der Waals surface area contributed by atoms with E-state index in [9.17, 15) is 9.59 Å². The summed E-state index contributed by atoms with van der Waals surface area (Å²) in [6, 6.07) is 0. The molecule has 0 spiro atoms. The van der Waals surface area contributed by atoms with Crippen LogP contribution in [0, 0.1) is 0 Å². The van der Waals surface area contributed by atoms with Gasteiger partial charge >= 0.3 is 6.09 Å². The van der Waals surface area contributed by atoms with Crippen molar-refractivity contribution in [3.63, 3.8) is 0 Å². The lowest BCUT2D eigenvalue weighted by atomic mass is 10.2. The second-order valence-corrected chi connectivity index (χ2v) is 4.46. The number of hydrogen-bond acceptors (Lipinski definition) is 3. The molecule has 5 nitrogen and oxygen atoms in total. The lowest BCUT2D eigenvalue weighted by molar-refractivity contribution is -0.117. The number of nitrogens with one attached hydrogen (secondary N) is 2. The molecular formula is C11H20N2O3. The molecule has 0 atom stereocenters. The Hall–Kier alpha value is -1.52. The van der Waals surface area contributed by atoms with Crippen LogP contribution in [0.15, 0.2) is 12.2 Å². The summed E-state index contributed by atoms with van der Waals surface area (Å²) in [6.45, 7) is 11.2. The van der Waals surface area contributed by atoms with E-state index in [-0.39, 0.29) is 5.91 Å². The Bertz CT molecular complexity index is 279. The van der Waals surface area contributed by atoms with Crippen LogP contribution in [0.3, 0.4) is 0 Å². The van der Waals surface area contributed by atoms with Crippen LogP contribution in [-0.4, -0.2) is 30.7 Å². The average Bonchev–Trinajstić information content (AvgIpc) is 2.08. The highest BCUT2D eigenvalue weighted by Gasteiger charge is 2.15. The van der Waals surface area contributed by atoms with Gasteiger partial charge in [0.25, 0.3) is 0 Å². The monoisotopic (exact) mass is 228 g/mol. The number of amides is 2. The molecule has 0 fully saturated rings. The number of carbonyl (C=O) groups is 2. The topological polar surface area (TPSA) is 67.4 Å². The summed E-state index contributed by atoms with van der Waals surface area (Å²) in [5.41, 5.74) is -0.0670. The van der Waals surface area contributed by atoms with Gasteiger partial charge in [0, 0.05) is 18.7 Å². The zero-order chi connectivity index (χ0) is 12.8. The van der Waals surface area contributed by atoms with E-state index in [2.05, 4.69) is 17.2 Å². The fourth-order valence-corrected chi connectivity index (χ4v) is 0.806. The van der Waals surface area contributed by atoms with Crippen molar-refractivity contribution in [2.75, 3.05) is 13.1 Å². The molecule has 0 heterocycles. The van der Waals surface area contributed by atoms with Gasteiger partial charge in [-0.3, -0.25) is 4.79 Å². The summed E-state index contributed by atoms with van der Waals surface area (Å²) in [6.07, 6.45) is -0.489. The van der Waals surface area contributed by atoms with E-state index < -0.39 is 11.7 Å². The van der Waals surface area contributed by atoms with Crippen molar-refractivity contribution < 1.29 is 14.3 Å². The summed E-state index contributed by atoms with van der Waals surface area (Å²) in [5, 5.41) is 5.12. The van der Waals surface area contributed by atoms with E-state index in [0.29, 0.717) is 18.7 Å². The number of carbonyl (C=O) groups excluding carboxylic acids is 2. The van der Waals surface area contributed by atoms with E-state index in [1.807, 2.05) is 0 Å². The van der Waals surface area contributed by atoms with Crippen LogP contribution in [0.4, 0.5) is 4.79 Å². The molecule has 0 aliphatic heterocycles. The van der Waals surface area contributed by atoms with Gasteiger partial charge in [0.1, 0.15) is 5.60 Å². The zero-order valence-corrected chi connectivity index (χ0v) is 10.3. The molecule has 0 rings (SSSR count). The summed E-state index contributed by atoms with van der Waals surface area (Å²) in [7, 11) is 0. The van der Waals surface area contributed by atoms with E-state index >= 15 is 0 Å². The minimum atomic E-state index is -0.509. The minimum Gasteiger partial charge on any atom is -0.444 e. The van der Waals surface area contributed by atoms with Gasteiger partial charge in [0.2, 0.25) is 5.91 Å².